The SMILES string of the molecule is COc1ccc(C(=O)N2CCC(Nc3ccnc(C)n3)CC2)cc1OC. The molecule has 1 aliphatic heterocycles. The van der Waals surface area contributed by atoms with Gasteiger partial charge in [0.25, 0.3) is 5.91 Å². The van der Waals surface area contributed by atoms with Gasteiger partial charge in [-0.05, 0) is 44.0 Å². The first-order valence-electron chi connectivity index (χ1n) is 8.68. The molecule has 0 atom stereocenters. The van der Waals surface area contributed by atoms with Crippen molar-refractivity contribution in [3.8, 4) is 11.5 Å². The average Bonchev–Trinajstić information content (AvgIpc) is 2.67. The summed E-state index contributed by atoms with van der Waals surface area (Å²) in [6.07, 6.45) is 3.50. The highest BCUT2D eigenvalue weighted by molar-refractivity contribution is 5.95. The molecule has 1 aromatic carbocycles. The van der Waals surface area contributed by atoms with E-state index in [4.69, 9.17) is 9.47 Å². The number of methoxy groups -OCH3 is 2. The lowest BCUT2D eigenvalue weighted by Crippen LogP contribution is -2.42. The number of amides is 1. The Morgan fingerprint density at radius 1 is 1.15 bits per heavy atom. The summed E-state index contributed by atoms with van der Waals surface area (Å²) in [5.41, 5.74) is 0.612. The minimum Gasteiger partial charge on any atom is -0.493 e. The number of nitrogens with one attached hydrogen (secondary N) is 1. The minimum atomic E-state index is 0.0160. The molecule has 0 aliphatic carbocycles. The number of nitrogens with zero attached hydrogens (tertiary/aromatic N) is 3. The van der Waals surface area contributed by atoms with Gasteiger partial charge in [-0.3, -0.25) is 4.79 Å². The van der Waals surface area contributed by atoms with Gasteiger partial charge in [-0.1, -0.05) is 0 Å². The maximum absolute atomic E-state index is 12.8. The van der Waals surface area contributed by atoms with Crippen LogP contribution in [0.1, 0.15) is 29.0 Å². The fourth-order valence-corrected chi connectivity index (χ4v) is 3.12. The van der Waals surface area contributed by atoms with Crippen molar-refractivity contribution in [2.75, 3.05) is 32.6 Å². The standard InChI is InChI=1S/C19H24N4O3/c1-13-20-9-6-18(21-13)22-15-7-10-23(11-8-15)19(24)14-4-5-16(25-2)17(12-14)26-3/h4-6,9,12,15H,7-8,10-11H2,1-3H3,(H,20,21,22). The van der Waals surface area contributed by atoms with Crippen LogP contribution in [0.25, 0.3) is 0 Å². The van der Waals surface area contributed by atoms with E-state index < -0.39 is 0 Å². The maximum Gasteiger partial charge on any atom is 0.253 e. The molecule has 138 valence electrons. The van der Waals surface area contributed by atoms with Gasteiger partial charge in [-0.2, -0.15) is 0 Å². The highest BCUT2D eigenvalue weighted by Crippen LogP contribution is 2.28. The smallest absolute Gasteiger partial charge is 0.253 e. The summed E-state index contributed by atoms with van der Waals surface area (Å²) >= 11 is 0. The number of carbonyl (C=O) groups excluding carboxylic acids is 1. The Hall–Kier alpha value is -2.83. The molecule has 7 heteroatoms. The molecular weight excluding hydrogens is 332 g/mol. The summed E-state index contributed by atoms with van der Waals surface area (Å²) in [5.74, 6) is 2.78. The molecule has 1 amide bonds. The number of hydrogen-bond acceptors (Lipinski definition) is 6. The van der Waals surface area contributed by atoms with Crippen molar-refractivity contribution in [3.05, 3.63) is 41.9 Å². The Morgan fingerprint density at radius 3 is 2.54 bits per heavy atom. The second-order valence-electron chi connectivity index (χ2n) is 6.27. The highest BCUT2D eigenvalue weighted by Gasteiger charge is 2.24. The Balaban J connectivity index is 1.60. The molecule has 26 heavy (non-hydrogen) atoms. The van der Waals surface area contributed by atoms with Gasteiger partial charge in [0, 0.05) is 30.9 Å². The van der Waals surface area contributed by atoms with Crippen LogP contribution in [0, 0.1) is 6.92 Å². The summed E-state index contributed by atoms with van der Waals surface area (Å²) < 4.78 is 10.5. The lowest BCUT2D eigenvalue weighted by atomic mass is 10.0. The number of ether oxygens (including phenoxy) is 2. The number of aromatic nitrogens is 2. The number of hydrogen-bond donors (Lipinski definition) is 1. The Labute approximate surface area is 153 Å². The molecule has 3 rings (SSSR count). The van der Waals surface area contributed by atoms with Crippen molar-refractivity contribution in [2.45, 2.75) is 25.8 Å². The number of benzene rings is 1. The highest BCUT2D eigenvalue weighted by atomic mass is 16.5. The predicted molar refractivity (Wildman–Crippen MR) is 98.9 cm³/mol. The zero-order valence-corrected chi connectivity index (χ0v) is 15.4. The number of piperidine rings is 1. The normalized spacial score (nSPS) is 14.8. The fraction of sp³-hybridized carbons (Fsp3) is 0.421. The van der Waals surface area contributed by atoms with E-state index in [1.54, 1.807) is 38.6 Å². The Morgan fingerprint density at radius 2 is 1.88 bits per heavy atom. The van der Waals surface area contributed by atoms with Crippen LogP contribution in [0.5, 0.6) is 11.5 Å². The Kier molecular flexibility index (Phi) is 5.55. The van der Waals surface area contributed by atoms with Crippen LogP contribution in [-0.4, -0.2) is 54.1 Å². The topological polar surface area (TPSA) is 76.6 Å². The number of carbonyl (C=O) groups is 1. The molecule has 2 aromatic rings. The molecule has 7 nitrogen and oxygen atoms in total. The molecule has 2 heterocycles. The van der Waals surface area contributed by atoms with Crippen molar-refractivity contribution in [1.82, 2.24) is 14.9 Å². The average molecular weight is 356 g/mol. The van der Waals surface area contributed by atoms with Crippen LogP contribution >= 0.6 is 0 Å². The quantitative estimate of drug-likeness (QED) is 0.887. The van der Waals surface area contributed by atoms with E-state index in [0.717, 1.165) is 24.5 Å². The van der Waals surface area contributed by atoms with Crippen molar-refractivity contribution < 1.29 is 14.3 Å². The molecule has 1 aliphatic rings. The molecule has 0 radical (unpaired) electrons. The third-order valence-electron chi connectivity index (χ3n) is 4.54. The molecule has 0 unspecified atom stereocenters. The lowest BCUT2D eigenvalue weighted by molar-refractivity contribution is 0.0718. The monoisotopic (exact) mass is 356 g/mol. The third kappa shape index (κ3) is 4.04. The second-order valence-corrected chi connectivity index (χ2v) is 6.27. The zero-order chi connectivity index (χ0) is 18.5. The first-order chi connectivity index (χ1) is 12.6. The van der Waals surface area contributed by atoms with E-state index in [9.17, 15) is 4.79 Å². The van der Waals surface area contributed by atoms with Gasteiger partial charge in [0.2, 0.25) is 0 Å². The molecular formula is C19H24N4O3. The number of rotatable bonds is 5. The summed E-state index contributed by atoms with van der Waals surface area (Å²) in [6.45, 7) is 3.28. The van der Waals surface area contributed by atoms with Crippen LogP contribution in [0.15, 0.2) is 30.5 Å². The van der Waals surface area contributed by atoms with Gasteiger partial charge in [0.1, 0.15) is 11.6 Å². The molecule has 0 bridgehead atoms. The van der Waals surface area contributed by atoms with Gasteiger partial charge >= 0.3 is 0 Å². The van der Waals surface area contributed by atoms with Crippen LogP contribution in [0.2, 0.25) is 0 Å². The molecule has 1 saturated heterocycles. The largest absolute Gasteiger partial charge is 0.493 e. The minimum absolute atomic E-state index is 0.0160. The maximum atomic E-state index is 12.8. The van der Waals surface area contributed by atoms with Crippen molar-refractivity contribution >= 4 is 11.7 Å². The lowest BCUT2D eigenvalue weighted by Gasteiger charge is -2.32. The summed E-state index contributed by atoms with van der Waals surface area (Å²) in [7, 11) is 3.15. The van der Waals surface area contributed by atoms with Crippen LogP contribution in [0.4, 0.5) is 5.82 Å². The first kappa shape index (κ1) is 18.0. The van der Waals surface area contributed by atoms with Gasteiger partial charge in [0.05, 0.1) is 14.2 Å². The number of likely N-dealkylation sites (tertiary alicyclic amines) is 1. The Bertz CT molecular complexity index is 773. The molecule has 1 aromatic heterocycles. The number of aryl methyl sites for hydroxylation is 1. The van der Waals surface area contributed by atoms with E-state index >= 15 is 0 Å². The van der Waals surface area contributed by atoms with E-state index in [1.807, 2.05) is 17.9 Å². The second kappa shape index (κ2) is 8.03. The van der Waals surface area contributed by atoms with E-state index in [2.05, 4.69) is 15.3 Å². The van der Waals surface area contributed by atoms with Crippen LogP contribution < -0.4 is 14.8 Å². The van der Waals surface area contributed by atoms with Crippen LogP contribution in [-0.2, 0) is 0 Å². The first-order valence-corrected chi connectivity index (χ1v) is 8.68. The molecule has 0 spiro atoms. The van der Waals surface area contributed by atoms with Gasteiger partial charge in [-0.25, -0.2) is 9.97 Å². The van der Waals surface area contributed by atoms with E-state index in [-0.39, 0.29) is 5.91 Å². The van der Waals surface area contributed by atoms with Gasteiger partial charge in [-0.15, -0.1) is 0 Å². The summed E-state index contributed by atoms with van der Waals surface area (Å²) in [6, 6.07) is 7.44. The predicted octanol–water partition coefficient (Wildman–Crippen LogP) is 2.52. The molecule has 1 N–H and O–H groups in total. The summed E-state index contributed by atoms with van der Waals surface area (Å²) in [4.78, 5) is 23.1. The van der Waals surface area contributed by atoms with Gasteiger partial charge in [0.15, 0.2) is 11.5 Å². The van der Waals surface area contributed by atoms with E-state index in [0.29, 0.717) is 36.2 Å². The zero-order valence-electron chi connectivity index (χ0n) is 15.4. The molecule has 0 saturated carbocycles. The van der Waals surface area contributed by atoms with Crippen molar-refractivity contribution in [1.29, 1.82) is 0 Å². The summed E-state index contributed by atoms with van der Waals surface area (Å²) in [5, 5.41) is 3.43. The van der Waals surface area contributed by atoms with E-state index in [1.165, 1.54) is 0 Å². The molecule has 1 fully saturated rings. The number of anilines is 1. The van der Waals surface area contributed by atoms with Crippen molar-refractivity contribution in [2.24, 2.45) is 0 Å². The van der Waals surface area contributed by atoms with Crippen LogP contribution in [0.3, 0.4) is 0 Å². The van der Waals surface area contributed by atoms with Crippen molar-refractivity contribution in [3.63, 3.8) is 0 Å². The fourth-order valence-electron chi connectivity index (χ4n) is 3.12. The third-order valence-corrected chi connectivity index (χ3v) is 4.54. The van der Waals surface area contributed by atoms with Gasteiger partial charge < -0.3 is 19.7 Å².